The van der Waals surface area contributed by atoms with Crippen LogP contribution in [0.1, 0.15) is 34.5 Å². The van der Waals surface area contributed by atoms with Gasteiger partial charge in [0, 0.05) is 34.8 Å². The molecule has 0 unspecified atom stereocenters. The maximum absolute atomic E-state index is 11.7. The fraction of sp³-hybridized carbons (Fsp3) is 0.733. The lowest BCUT2D eigenvalue weighted by Gasteiger charge is -2.43. The van der Waals surface area contributed by atoms with E-state index in [2.05, 4.69) is 4.74 Å². The number of carbonyl (C=O) groups excluding carboxylic acids is 4. The highest BCUT2D eigenvalue weighted by Gasteiger charge is 2.52. The van der Waals surface area contributed by atoms with E-state index in [1.807, 2.05) is 0 Å². The molecule has 25 heavy (non-hydrogen) atoms. The third-order valence-electron chi connectivity index (χ3n) is 2.44. The van der Waals surface area contributed by atoms with Gasteiger partial charge in [-0.2, -0.15) is 0 Å². The molecule has 1 aliphatic heterocycles. The predicted octanol–water partition coefficient (Wildman–Crippen LogP) is -0.284. The lowest BCUT2D eigenvalue weighted by molar-refractivity contribution is -0.302. The van der Waals surface area contributed by atoms with E-state index in [4.69, 9.17) is 30.5 Å². The molecule has 5 atom stereocenters. The fourth-order valence-corrected chi connectivity index (χ4v) is 1.72. The van der Waals surface area contributed by atoms with Gasteiger partial charge in [-0.1, -0.05) is 0 Å². The van der Waals surface area contributed by atoms with E-state index in [1.54, 1.807) is 0 Å². The molecule has 0 aromatic heterocycles. The maximum atomic E-state index is 11.7. The largest absolute Gasteiger partial charge is 0.463 e. The molecule has 0 amide bonds. The van der Waals surface area contributed by atoms with Gasteiger partial charge in [-0.25, -0.2) is 0 Å². The van der Waals surface area contributed by atoms with E-state index in [9.17, 15) is 19.2 Å². The summed E-state index contributed by atoms with van der Waals surface area (Å²) in [5.74, 6) is -4.91. The van der Waals surface area contributed by atoms with Crippen LogP contribution >= 0.6 is 0 Å². The summed E-state index contributed by atoms with van der Waals surface area (Å²) in [5.41, 5.74) is 0. The van der Waals surface area contributed by atoms with Crippen LogP contribution in [-0.4, -0.2) is 68.2 Å². The molecule has 0 radical (unpaired) electrons. The SMILES string of the molecule is [2H]C([2H])(OC(C)=O)[C@H]1O[C@@H](OC)[C@]([2H])(OC(C)=O)[C@@]([2H])(OC(C)=O)[C@]1([2H])OC(C)=O. The summed E-state index contributed by atoms with van der Waals surface area (Å²) in [7, 11) is 0.923. The smallest absolute Gasteiger partial charge is 0.303 e. The van der Waals surface area contributed by atoms with Gasteiger partial charge in [-0.15, -0.1) is 0 Å². The van der Waals surface area contributed by atoms with Crippen molar-refractivity contribution < 1.29 is 54.5 Å². The number of ether oxygens (including phenoxy) is 6. The standard InChI is InChI=1S/C15H22O10/c1-7(16)21-6-11-12(22-8(2)17)13(23-9(3)18)14(24-10(4)19)15(20-5)25-11/h11-15H,6H2,1-5H3/t11-,12-,13+,14-,15-/m1/s1/i6D2,12D,13D,14D. The van der Waals surface area contributed by atoms with E-state index in [1.165, 1.54) is 0 Å². The first-order valence-electron chi connectivity index (χ1n) is 9.43. The van der Waals surface area contributed by atoms with Crippen molar-refractivity contribution in [1.29, 1.82) is 0 Å². The van der Waals surface area contributed by atoms with Gasteiger partial charge in [-0.3, -0.25) is 19.2 Å². The summed E-state index contributed by atoms with van der Waals surface area (Å²) in [4.78, 5) is 46.4. The number of esters is 4. The highest BCUT2D eigenvalue weighted by Crippen LogP contribution is 2.29. The molecule has 1 saturated heterocycles. The van der Waals surface area contributed by atoms with Gasteiger partial charge in [0.05, 0.1) is 6.85 Å². The highest BCUT2D eigenvalue weighted by molar-refractivity contribution is 5.68. The summed E-state index contributed by atoms with van der Waals surface area (Å²) in [6.45, 7) is -0.0310. The molecule has 142 valence electrons. The van der Waals surface area contributed by atoms with E-state index in [0.29, 0.717) is 0 Å². The van der Waals surface area contributed by atoms with Gasteiger partial charge in [0.15, 0.2) is 24.5 Å². The molecule has 1 fully saturated rings. The third kappa shape index (κ3) is 6.31. The first-order valence-corrected chi connectivity index (χ1v) is 6.93. The van der Waals surface area contributed by atoms with Crippen LogP contribution in [0, 0.1) is 0 Å². The van der Waals surface area contributed by atoms with Gasteiger partial charge in [0.1, 0.15) is 12.7 Å². The molecule has 0 N–H and O–H groups in total. The summed E-state index contributed by atoms with van der Waals surface area (Å²) in [6.07, 6.45) is -14.7. The van der Waals surface area contributed by atoms with Crippen LogP contribution in [0.25, 0.3) is 0 Å². The topological polar surface area (TPSA) is 124 Å². The van der Waals surface area contributed by atoms with Crippen molar-refractivity contribution in [3.05, 3.63) is 0 Å². The number of methoxy groups -OCH3 is 1. The molecule has 0 saturated carbocycles. The van der Waals surface area contributed by atoms with Crippen LogP contribution in [0.5, 0.6) is 0 Å². The molecular weight excluding hydrogens is 340 g/mol. The first-order chi connectivity index (χ1) is 13.5. The molecule has 10 heteroatoms. The second kappa shape index (κ2) is 9.33. The predicted molar refractivity (Wildman–Crippen MR) is 79.0 cm³/mol. The maximum Gasteiger partial charge on any atom is 0.303 e. The van der Waals surface area contributed by atoms with Crippen LogP contribution in [-0.2, 0) is 47.6 Å². The lowest BCUT2D eigenvalue weighted by atomic mass is 9.98. The average molecular weight is 367 g/mol. The normalized spacial score (nSPS) is 40.9. The minimum absolute atomic E-state index is 0.781. The summed E-state index contributed by atoms with van der Waals surface area (Å²) in [6, 6.07) is 0. The minimum atomic E-state index is -3.47. The second-order valence-electron chi connectivity index (χ2n) is 4.63. The molecule has 0 bridgehead atoms. The molecule has 0 aliphatic carbocycles. The Hall–Kier alpha value is -2.20. The zero-order valence-corrected chi connectivity index (χ0v) is 14.2. The molecule has 1 aliphatic rings. The van der Waals surface area contributed by atoms with Crippen molar-refractivity contribution >= 4 is 23.9 Å². The van der Waals surface area contributed by atoms with Crippen molar-refractivity contribution in [3.63, 3.8) is 0 Å². The quantitative estimate of drug-likeness (QED) is 0.457. The Morgan fingerprint density at radius 3 is 1.80 bits per heavy atom. The fourth-order valence-electron chi connectivity index (χ4n) is 1.72. The Bertz CT molecular complexity index is 733. The van der Waals surface area contributed by atoms with Crippen LogP contribution < -0.4 is 0 Å². The third-order valence-corrected chi connectivity index (χ3v) is 2.44. The molecule has 1 rings (SSSR count). The molecule has 0 spiro atoms. The number of hydrogen-bond donors (Lipinski definition) is 0. The van der Waals surface area contributed by atoms with Gasteiger partial charge < -0.3 is 28.4 Å². The van der Waals surface area contributed by atoms with Crippen molar-refractivity contribution in [2.45, 2.75) is 58.3 Å². The van der Waals surface area contributed by atoms with Crippen LogP contribution in [0.15, 0.2) is 0 Å². The Morgan fingerprint density at radius 1 is 0.880 bits per heavy atom. The van der Waals surface area contributed by atoms with E-state index < -0.39 is 61.1 Å². The highest BCUT2D eigenvalue weighted by atomic mass is 16.7. The van der Waals surface area contributed by atoms with E-state index in [-0.39, 0.29) is 0 Å². The van der Waals surface area contributed by atoms with Crippen molar-refractivity contribution in [1.82, 2.24) is 0 Å². The second-order valence-corrected chi connectivity index (χ2v) is 4.63. The minimum Gasteiger partial charge on any atom is -0.463 e. The Morgan fingerprint density at radius 2 is 1.36 bits per heavy atom. The zero-order chi connectivity index (χ0) is 23.7. The average Bonchev–Trinajstić information content (AvgIpc) is 2.50. The Kier molecular flexibility index (Phi) is 5.23. The van der Waals surface area contributed by atoms with Gasteiger partial charge in [0.25, 0.3) is 0 Å². The van der Waals surface area contributed by atoms with Crippen molar-refractivity contribution in [3.8, 4) is 0 Å². The van der Waals surface area contributed by atoms with Crippen LogP contribution in [0.4, 0.5) is 0 Å². The molecular formula is C15H22O10. The lowest BCUT2D eigenvalue weighted by Crippen LogP contribution is -2.62. The van der Waals surface area contributed by atoms with E-state index >= 15 is 0 Å². The van der Waals surface area contributed by atoms with Crippen LogP contribution in [0.3, 0.4) is 0 Å². The Balaban J connectivity index is 3.89. The summed E-state index contributed by atoms with van der Waals surface area (Å²) >= 11 is 0. The van der Waals surface area contributed by atoms with Gasteiger partial charge in [0.2, 0.25) is 0 Å². The molecule has 10 nitrogen and oxygen atoms in total. The molecule has 0 aromatic carbocycles. The van der Waals surface area contributed by atoms with Crippen molar-refractivity contribution in [2.75, 3.05) is 13.7 Å². The summed E-state index contributed by atoms with van der Waals surface area (Å²) in [5, 5.41) is 0. The number of carbonyl (C=O) groups is 4. The monoisotopic (exact) mass is 367 g/mol. The number of rotatable bonds is 6. The summed E-state index contributed by atoms with van der Waals surface area (Å²) < 4.78 is 70.6. The van der Waals surface area contributed by atoms with Crippen LogP contribution in [0.2, 0.25) is 0 Å². The van der Waals surface area contributed by atoms with E-state index in [0.717, 1.165) is 34.8 Å². The van der Waals surface area contributed by atoms with Gasteiger partial charge in [-0.05, 0) is 0 Å². The molecule has 1 heterocycles. The Labute approximate surface area is 151 Å². The van der Waals surface area contributed by atoms with Gasteiger partial charge >= 0.3 is 23.9 Å². The zero-order valence-electron chi connectivity index (χ0n) is 19.2. The van der Waals surface area contributed by atoms with Crippen molar-refractivity contribution in [2.24, 2.45) is 0 Å². The first kappa shape index (κ1) is 14.0. The number of hydrogen-bond acceptors (Lipinski definition) is 10. The molecule has 0 aromatic rings.